The van der Waals surface area contributed by atoms with E-state index in [9.17, 15) is 13.2 Å². The van der Waals surface area contributed by atoms with Crippen LogP contribution in [0.3, 0.4) is 0 Å². The van der Waals surface area contributed by atoms with Crippen molar-refractivity contribution >= 4 is 70.3 Å². The van der Waals surface area contributed by atoms with Crippen molar-refractivity contribution in [1.29, 1.82) is 0 Å². The number of nitrogens with zero attached hydrogens (tertiary/aromatic N) is 19. The fourth-order valence-electron chi connectivity index (χ4n) is 11.1. The maximum absolute atomic E-state index is 12.4. The molecule has 0 spiro atoms. The van der Waals surface area contributed by atoms with E-state index in [1.807, 2.05) is 56.6 Å². The normalized spacial score (nSPS) is 12.0. The third-order valence-corrected chi connectivity index (χ3v) is 16.5. The third kappa shape index (κ3) is 23.0. The van der Waals surface area contributed by atoms with Crippen LogP contribution in [0, 0.1) is 0 Å². The minimum absolute atomic E-state index is 0.0489. The maximum atomic E-state index is 12.4. The largest absolute Gasteiger partial charge is 0.573 e. The standard InChI is InChI=1S/C23H32N8O3.C20H27N7O3.C16H18N6O3.C15H13F3N6O2/c1-29-10-12-30(13-11-29)9-6-14-34-21-18(32-2)15-17(16-19(21)33-3)26-23-27-22(24)31(28-23)20-7-4-5-8-25-20;1-26(2)10-7-11-30-16-13-14(12-15(28-3)18(16)29-4)23-20-24-19(21)27(25-20)17-8-5-6-9-22-17;1-23-12-8-10(9-13(24-2)14(12)25-3)19-16-20-15(17)22(21-16)11-4-6-18-7-5-11;1-25-11-6-5-9(26-15(16,17)18)8-10(11)21-14-22-13(19)24(23-14)12-4-2-3-7-20-12/h4-5,7-8,15-16H,6,9-14H2,1-3H3,(H3,24,26,27,28);5-6,8-9,12-13H,7,10-11H2,1-4H3,(H3,21,23,24,25);4-9H,1-3H3,(H3,17,19,20,21);2-8H,1H3,(H3,19,21,22,23). The van der Waals surface area contributed by atoms with Crippen molar-refractivity contribution in [2.24, 2.45) is 0 Å². The van der Waals surface area contributed by atoms with Gasteiger partial charge in [-0.25, -0.2) is 15.0 Å². The van der Waals surface area contributed by atoms with Gasteiger partial charge in [-0.15, -0.1) is 33.6 Å². The first-order valence-electron chi connectivity index (χ1n) is 35.3. The van der Waals surface area contributed by atoms with Crippen molar-refractivity contribution in [3.8, 4) is 86.4 Å². The first-order valence-corrected chi connectivity index (χ1v) is 35.3. The molecule has 0 aliphatic carbocycles. The Morgan fingerprint density at radius 3 is 1.23 bits per heavy atom. The van der Waals surface area contributed by atoms with Crippen LogP contribution in [0.2, 0.25) is 0 Å². The topological polar surface area (TPSA) is 438 Å². The molecule has 115 heavy (non-hydrogen) atoms. The summed E-state index contributed by atoms with van der Waals surface area (Å²) in [7, 11) is 18.6. The van der Waals surface area contributed by atoms with Crippen LogP contribution in [0.4, 0.5) is 83.5 Å². The highest BCUT2D eigenvalue weighted by Crippen LogP contribution is 2.44. The van der Waals surface area contributed by atoms with Crippen molar-refractivity contribution in [2.75, 3.05) is 175 Å². The number of nitrogen functional groups attached to an aromatic ring is 4. The molecule has 1 fully saturated rings. The summed E-state index contributed by atoms with van der Waals surface area (Å²) >= 11 is 0. The minimum Gasteiger partial charge on any atom is -0.495 e. The van der Waals surface area contributed by atoms with Crippen LogP contribution in [-0.2, 0) is 0 Å². The Bertz CT molecular complexity index is 4990. The molecule has 12 aromatic rings. The van der Waals surface area contributed by atoms with Gasteiger partial charge in [0.2, 0.25) is 64.8 Å². The van der Waals surface area contributed by atoms with Crippen LogP contribution in [0.5, 0.6) is 63.2 Å². The lowest BCUT2D eigenvalue weighted by Gasteiger charge is -2.32. The zero-order valence-corrected chi connectivity index (χ0v) is 64.9. The summed E-state index contributed by atoms with van der Waals surface area (Å²) in [5.41, 5.74) is 26.7. The Morgan fingerprint density at radius 2 is 0.826 bits per heavy atom. The van der Waals surface area contributed by atoms with Crippen LogP contribution in [-0.4, -0.2) is 231 Å². The van der Waals surface area contributed by atoms with Gasteiger partial charge in [-0.05, 0) is 94.6 Å². The quantitative estimate of drug-likeness (QED) is 0.0187. The lowest BCUT2D eigenvalue weighted by molar-refractivity contribution is -0.274. The number of alkyl halides is 3. The van der Waals surface area contributed by atoms with E-state index in [0.29, 0.717) is 117 Å². The monoisotopic (exact) mass is 1590 g/mol. The highest BCUT2D eigenvalue weighted by Gasteiger charge is 2.32. The van der Waals surface area contributed by atoms with E-state index in [0.717, 1.165) is 69.9 Å². The Morgan fingerprint density at radius 1 is 0.426 bits per heavy atom. The Kier molecular flexibility index (Phi) is 29.2. The second-order valence-corrected chi connectivity index (χ2v) is 24.7. The number of methoxy groups -OCH3 is 8. The molecule has 0 radical (unpaired) electrons. The van der Waals surface area contributed by atoms with E-state index in [1.54, 1.807) is 141 Å². The number of ether oxygens (including phenoxy) is 11. The molecular formula is C74H90F3N27O11. The van der Waals surface area contributed by atoms with Crippen molar-refractivity contribution in [2.45, 2.75) is 19.2 Å². The molecule has 608 valence electrons. The second-order valence-electron chi connectivity index (χ2n) is 24.7. The van der Waals surface area contributed by atoms with E-state index in [4.69, 9.17) is 70.3 Å². The van der Waals surface area contributed by atoms with Crippen LogP contribution in [0.25, 0.3) is 23.1 Å². The fraction of sp³-hybridized carbons (Fsp3) is 0.297. The lowest BCUT2D eigenvalue weighted by atomic mass is 10.2. The Balaban J connectivity index is 0.000000163. The van der Waals surface area contributed by atoms with Gasteiger partial charge in [0.1, 0.15) is 11.5 Å². The van der Waals surface area contributed by atoms with E-state index in [1.165, 1.54) is 31.9 Å². The van der Waals surface area contributed by atoms with Crippen molar-refractivity contribution in [1.82, 2.24) is 93.7 Å². The molecule has 1 aliphatic rings. The molecule has 0 amide bonds. The highest BCUT2D eigenvalue weighted by atomic mass is 19.4. The molecular weight excluding hydrogens is 1500 g/mol. The first-order chi connectivity index (χ1) is 55.6. The fourth-order valence-corrected chi connectivity index (χ4v) is 11.1. The number of anilines is 12. The number of hydrogen-bond acceptors (Lipinski definition) is 34. The van der Waals surface area contributed by atoms with Crippen molar-refractivity contribution < 1.29 is 65.3 Å². The van der Waals surface area contributed by atoms with E-state index >= 15 is 0 Å². The van der Waals surface area contributed by atoms with Gasteiger partial charge in [-0.1, -0.05) is 18.2 Å². The molecule has 13 rings (SSSR count). The maximum Gasteiger partial charge on any atom is 0.573 e. The van der Waals surface area contributed by atoms with Gasteiger partial charge in [0.05, 0.1) is 81.5 Å². The number of rotatable bonds is 31. The van der Waals surface area contributed by atoms with Crippen LogP contribution >= 0.6 is 0 Å². The number of benzene rings is 4. The second kappa shape index (κ2) is 40.2. The lowest BCUT2D eigenvalue weighted by Crippen LogP contribution is -2.44. The van der Waals surface area contributed by atoms with E-state index in [2.05, 4.69) is 108 Å². The summed E-state index contributed by atoms with van der Waals surface area (Å²) in [6, 6.07) is 34.0. The van der Waals surface area contributed by atoms with E-state index in [-0.39, 0.29) is 41.2 Å². The first kappa shape index (κ1) is 83.4. The molecule has 1 aliphatic heterocycles. The minimum atomic E-state index is -4.81. The molecule has 41 heteroatoms. The number of aromatic nitrogens is 16. The van der Waals surface area contributed by atoms with Gasteiger partial charge in [0.25, 0.3) is 0 Å². The number of nitrogens with two attached hydrogens (primary N) is 4. The molecule has 8 aromatic heterocycles. The smallest absolute Gasteiger partial charge is 0.495 e. The van der Waals surface area contributed by atoms with Gasteiger partial charge in [-0.2, -0.15) is 38.7 Å². The average molecular weight is 1590 g/mol. The summed E-state index contributed by atoms with van der Waals surface area (Å²) in [4.78, 5) is 40.3. The van der Waals surface area contributed by atoms with E-state index < -0.39 is 12.1 Å². The van der Waals surface area contributed by atoms with Gasteiger partial charge in [0, 0.05) is 130 Å². The molecule has 0 saturated carbocycles. The number of likely N-dealkylation sites (N-methyl/N-ethyl adjacent to an activating group) is 1. The Hall–Kier alpha value is -14.1. The number of halogens is 3. The van der Waals surface area contributed by atoms with Crippen LogP contribution in [0.1, 0.15) is 12.8 Å². The summed E-state index contributed by atoms with van der Waals surface area (Å²) < 4.78 is 102. The van der Waals surface area contributed by atoms with Gasteiger partial charge in [0.15, 0.2) is 52.0 Å². The average Bonchev–Trinajstić information content (AvgIpc) is 1.77. The highest BCUT2D eigenvalue weighted by molar-refractivity contribution is 5.70. The molecule has 9 heterocycles. The number of hydrogen-bond donors (Lipinski definition) is 8. The summed E-state index contributed by atoms with van der Waals surface area (Å²) in [5.74, 6) is 8.07. The van der Waals surface area contributed by atoms with Gasteiger partial charge in [-0.3, -0.25) is 4.98 Å². The molecule has 4 aromatic carbocycles. The molecule has 12 N–H and O–H groups in total. The number of piperazine rings is 1. The zero-order chi connectivity index (χ0) is 82.0. The molecule has 1 saturated heterocycles. The number of nitrogens with one attached hydrogen (secondary N) is 4. The summed E-state index contributed by atoms with van der Waals surface area (Å²) in [6.07, 6.45) is 5.19. The molecule has 38 nitrogen and oxygen atoms in total. The SMILES string of the molecule is COc1cc(Nc2nc(N)n(-c3ccccn3)n2)cc(OC)c1OCCCN1CCN(C)CC1.COc1cc(Nc2nc(N)n(-c3ccccn3)n2)cc(OCCCN(C)C)c1OC.COc1cc(Nc2nc(N)n(-c3ccncc3)n2)cc(OC)c1OC.COc1ccc(OC(F)(F)F)cc1Nc1nc(N)n(-c2ccccn2)n1. The Labute approximate surface area is 659 Å². The van der Waals surface area contributed by atoms with Crippen molar-refractivity contribution in [3.05, 3.63) is 152 Å². The predicted molar refractivity (Wildman–Crippen MR) is 425 cm³/mol. The van der Waals surface area contributed by atoms with Crippen molar-refractivity contribution in [3.63, 3.8) is 0 Å². The summed E-state index contributed by atoms with van der Waals surface area (Å²) in [5, 5.41) is 29.4. The summed E-state index contributed by atoms with van der Waals surface area (Å²) in [6.45, 7) is 7.44. The van der Waals surface area contributed by atoms with Crippen LogP contribution in [0.15, 0.2) is 152 Å². The third-order valence-electron chi connectivity index (χ3n) is 16.5. The van der Waals surface area contributed by atoms with Gasteiger partial charge < -0.3 is 111 Å². The molecule has 0 atom stereocenters. The number of pyridine rings is 4. The van der Waals surface area contributed by atoms with Gasteiger partial charge >= 0.3 is 6.36 Å². The molecule has 0 unspecified atom stereocenters. The predicted octanol–water partition coefficient (Wildman–Crippen LogP) is 9.27. The van der Waals surface area contributed by atoms with Crippen LogP contribution < -0.4 is 96.3 Å². The zero-order valence-electron chi connectivity index (χ0n) is 64.9. The molecule has 0 bridgehead atoms.